The summed E-state index contributed by atoms with van der Waals surface area (Å²) in [6, 6.07) is 13.4. The van der Waals surface area contributed by atoms with Gasteiger partial charge < -0.3 is 10.1 Å². The van der Waals surface area contributed by atoms with Gasteiger partial charge in [-0.3, -0.25) is 4.79 Å². The zero-order valence-electron chi connectivity index (χ0n) is 11.5. The number of amides is 1. The number of rotatable bonds is 3. The van der Waals surface area contributed by atoms with Gasteiger partial charge in [-0.1, -0.05) is 18.2 Å². The summed E-state index contributed by atoms with van der Waals surface area (Å²) in [6.07, 6.45) is 3.39. The Morgan fingerprint density at radius 2 is 1.90 bits per heavy atom. The van der Waals surface area contributed by atoms with E-state index in [0.717, 1.165) is 12.8 Å². The van der Waals surface area contributed by atoms with Crippen LogP contribution in [0.3, 0.4) is 0 Å². The van der Waals surface area contributed by atoms with E-state index in [9.17, 15) is 4.79 Å². The molecule has 0 saturated heterocycles. The van der Waals surface area contributed by atoms with E-state index < -0.39 is 0 Å². The van der Waals surface area contributed by atoms with E-state index in [1.165, 1.54) is 17.5 Å². The number of fused-ring (bicyclic) bond motifs is 1. The summed E-state index contributed by atoms with van der Waals surface area (Å²) in [5, 5.41) is 2.90. The number of methoxy groups -OCH3 is 1. The van der Waals surface area contributed by atoms with Crippen LogP contribution in [0.4, 0.5) is 5.69 Å². The molecule has 1 amide bonds. The molecule has 0 radical (unpaired) electrons. The second kappa shape index (κ2) is 5.37. The molecule has 2 aromatic rings. The summed E-state index contributed by atoms with van der Waals surface area (Å²) < 4.78 is 5.24. The fraction of sp³-hybridized carbons (Fsp3) is 0.235. The molecule has 2 aromatic carbocycles. The molecule has 0 bridgehead atoms. The molecule has 3 nitrogen and oxygen atoms in total. The van der Waals surface area contributed by atoms with Crippen LogP contribution in [0.25, 0.3) is 0 Å². The van der Waals surface area contributed by atoms with Crippen LogP contribution in [-0.2, 0) is 12.8 Å². The van der Waals surface area contributed by atoms with E-state index in [4.69, 9.17) is 4.74 Å². The van der Waals surface area contributed by atoms with E-state index in [1.807, 2.05) is 36.4 Å². The van der Waals surface area contributed by atoms with E-state index in [0.29, 0.717) is 17.0 Å². The predicted octanol–water partition coefficient (Wildman–Crippen LogP) is 3.44. The van der Waals surface area contributed by atoms with Crippen molar-refractivity contribution in [2.45, 2.75) is 19.3 Å². The minimum atomic E-state index is -0.0933. The van der Waals surface area contributed by atoms with Gasteiger partial charge in [0.05, 0.1) is 12.8 Å². The third-order valence-electron chi connectivity index (χ3n) is 3.72. The largest absolute Gasteiger partial charge is 0.495 e. The molecule has 3 heteroatoms. The second-order valence-electron chi connectivity index (χ2n) is 4.99. The van der Waals surface area contributed by atoms with Crippen molar-refractivity contribution in [3.8, 4) is 5.75 Å². The van der Waals surface area contributed by atoms with Gasteiger partial charge in [-0.05, 0) is 54.7 Å². The summed E-state index contributed by atoms with van der Waals surface area (Å²) in [6.45, 7) is 0. The Balaban J connectivity index is 1.83. The van der Waals surface area contributed by atoms with Crippen molar-refractivity contribution in [2.24, 2.45) is 0 Å². The Labute approximate surface area is 118 Å². The first-order valence-corrected chi connectivity index (χ1v) is 6.84. The zero-order valence-corrected chi connectivity index (χ0v) is 11.5. The highest BCUT2D eigenvalue weighted by Gasteiger charge is 2.14. The van der Waals surface area contributed by atoms with Gasteiger partial charge in [-0.15, -0.1) is 0 Å². The first-order chi connectivity index (χ1) is 9.78. The van der Waals surface area contributed by atoms with E-state index in [2.05, 4.69) is 11.4 Å². The Kier molecular flexibility index (Phi) is 3.42. The molecule has 3 rings (SSSR count). The second-order valence-corrected chi connectivity index (χ2v) is 4.99. The minimum absolute atomic E-state index is 0.0933. The number of ether oxygens (including phenoxy) is 1. The molecule has 0 aromatic heterocycles. The van der Waals surface area contributed by atoms with Crippen molar-refractivity contribution in [2.75, 3.05) is 12.4 Å². The number of nitrogens with one attached hydrogen (secondary N) is 1. The van der Waals surface area contributed by atoms with Crippen LogP contribution in [-0.4, -0.2) is 13.0 Å². The highest BCUT2D eigenvalue weighted by atomic mass is 16.5. The monoisotopic (exact) mass is 267 g/mol. The maximum absolute atomic E-state index is 12.3. The topological polar surface area (TPSA) is 38.3 Å². The molecule has 102 valence electrons. The van der Waals surface area contributed by atoms with Gasteiger partial charge in [-0.2, -0.15) is 0 Å². The molecule has 20 heavy (non-hydrogen) atoms. The molecule has 0 unspecified atom stereocenters. The van der Waals surface area contributed by atoms with Gasteiger partial charge in [-0.25, -0.2) is 0 Å². The molecule has 0 spiro atoms. The summed E-state index contributed by atoms with van der Waals surface area (Å²) in [4.78, 5) is 12.3. The smallest absolute Gasteiger partial charge is 0.255 e. The Hall–Kier alpha value is -2.29. The van der Waals surface area contributed by atoms with Gasteiger partial charge in [0.15, 0.2) is 0 Å². The number of aryl methyl sites for hydroxylation is 2. The van der Waals surface area contributed by atoms with Crippen LogP contribution in [0, 0.1) is 0 Å². The Morgan fingerprint density at radius 1 is 1.10 bits per heavy atom. The van der Waals surface area contributed by atoms with Crippen LogP contribution < -0.4 is 10.1 Å². The molecule has 0 fully saturated rings. The quantitative estimate of drug-likeness (QED) is 0.925. The fourth-order valence-corrected chi connectivity index (χ4v) is 2.66. The molecule has 1 aliphatic rings. The lowest BCUT2D eigenvalue weighted by molar-refractivity contribution is 0.102. The van der Waals surface area contributed by atoms with E-state index in [1.54, 1.807) is 7.11 Å². The van der Waals surface area contributed by atoms with Crippen molar-refractivity contribution in [1.29, 1.82) is 0 Å². The van der Waals surface area contributed by atoms with Crippen molar-refractivity contribution >= 4 is 11.6 Å². The third kappa shape index (κ3) is 2.39. The van der Waals surface area contributed by atoms with Gasteiger partial charge in [0, 0.05) is 5.56 Å². The van der Waals surface area contributed by atoms with Crippen molar-refractivity contribution in [3.05, 3.63) is 59.2 Å². The summed E-state index contributed by atoms with van der Waals surface area (Å²) >= 11 is 0. The summed E-state index contributed by atoms with van der Waals surface area (Å²) in [5.41, 5.74) is 4.08. The number of carbonyl (C=O) groups excluding carboxylic acids is 1. The normalized spacial score (nSPS) is 12.8. The standard InChI is InChI=1S/C17H17NO2/c1-20-16-8-3-2-7-15(16)18-17(19)14-10-9-12-5-4-6-13(12)11-14/h2-3,7-11H,4-6H2,1H3,(H,18,19). The summed E-state index contributed by atoms with van der Waals surface area (Å²) in [7, 11) is 1.60. The minimum Gasteiger partial charge on any atom is -0.495 e. The molecular formula is C17H17NO2. The van der Waals surface area contributed by atoms with Gasteiger partial charge >= 0.3 is 0 Å². The number of anilines is 1. The SMILES string of the molecule is COc1ccccc1NC(=O)c1ccc2c(c1)CCC2. The number of carbonyl (C=O) groups is 1. The molecule has 1 aliphatic carbocycles. The lowest BCUT2D eigenvalue weighted by Crippen LogP contribution is -2.13. The van der Waals surface area contributed by atoms with Crippen molar-refractivity contribution in [1.82, 2.24) is 0 Å². The lowest BCUT2D eigenvalue weighted by atomic mass is 10.1. The average Bonchev–Trinajstić information content (AvgIpc) is 2.95. The lowest BCUT2D eigenvalue weighted by Gasteiger charge is -2.10. The molecular weight excluding hydrogens is 250 g/mol. The molecule has 0 heterocycles. The van der Waals surface area contributed by atoms with Crippen molar-refractivity contribution < 1.29 is 9.53 Å². The van der Waals surface area contributed by atoms with E-state index >= 15 is 0 Å². The maximum Gasteiger partial charge on any atom is 0.255 e. The first-order valence-electron chi connectivity index (χ1n) is 6.84. The van der Waals surface area contributed by atoms with Crippen LogP contribution >= 0.6 is 0 Å². The van der Waals surface area contributed by atoms with E-state index in [-0.39, 0.29) is 5.91 Å². The third-order valence-corrected chi connectivity index (χ3v) is 3.72. The Morgan fingerprint density at radius 3 is 2.75 bits per heavy atom. The number of para-hydroxylation sites is 2. The maximum atomic E-state index is 12.3. The van der Waals surface area contributed by atoms with Crippen molar-refractivity contribution in [3.63, 3.8) is 0 Å². The first kappa shape index (κ1) is 12.7. The number of hydrogen-bond acceptors (Lipinski definition) is 2. The van der Waals surface area contributed by atoms with Crippen LogP contribution in [0.1, 0.15) is 27.9 Å². The zero-order chi connectivity index (χ0) is 13.9. The van der Waals surface area contributed by atoms with Crippen LogP contribution in [0.15, 0.2) is 42.5 Å². The highest BCUT2D eigenvalue weighted by molar-refractivity contribution is 6.05. The highest BCUT2D eigenvalue weighted by Crippen LogP contribution is 2.26. The fourth-order valence-electron chi connectivity index (χ4n) is 2.66. The van der Waals surface area contributed by atoms with Gasteiger partial charge in [0.2, 0.25) is 0 Å². The Bertz CT molecular complexity index is 649. The number of hydrogen-bond donors (Lipinski definition) is 1. The molecule has 0 saturated carbocycles. The number of benzene rings is 2. The van der Waals surface area contributed by atoms with Gasteiger partial charge in [0.25, 0.3) is 5.91 Å². The molecule has 0 aliphatic heterocycles. The summed E-state index contributed by atoms with van der Waals surface area (Å²) in [5.74, 6) is 0.575. The van der Waals surface area contributed by atoms with Crippen LogP contribution in [0.2, 0.25) is 0 Å². The van der Waals surface area contributed by atoms with Gasteiger partial charge in [0.1, 0.15) is 5.75 Å². The van der Waals surface area contributed by atoms with Crippen LogP contribution in [0.5, 0.6) is 5.75 Å². The molecule has 0 atom stereocenters. The predicted molar refractivity (Wildman–Crippen MR) is 79.4 cm³/mol. The molecule has 1 N–H and O–H groups in total. The average molecular weight is 267 g/mol.